The quantitative estimate of drug-likeness (QED) is 0.873. The number of hydrogen-bond donors (Lipinski definition) is 1. The van der Waals surface area contributed by atoms with Crippen molar-refractivity contribution in [3.8, 4) is 11.6 Å². The molecule has 0 fully saturated rings. The van der Waals surface area contributed by atoms with E-state index in [0.717, 1.165) is 0 Å². The van der Waals surface area contributed by atoms with Crippen LogP contribution in [0.4, 0.5) is 5.69 Å². The number of methoxy groups -OCH3 is 1. The summed E-state index contributed by atoms with van der Waals surface area (Å²) < 4.78 is 38.2. The zero-order valence-corrected chi connectivity index (χ0v) is 14.9. The smallest absolute Gasteiger partial charge is 0.265 e. The van der Waals surface area contributed by atoms with Crippen molar-refractivity contribution in [3.05, 3.63) is 41.0 Å². The highest BCUT2D eigenvalue weighted by molar-refractivity contribution is 7.92. The molecule has 0 unspecified atom stereocenters. The van der Waals surface area contributed by atoms with Crippen LogP contribution in [-0.2, 0) is 10.0 Å². The Hall–Kier alpha value is -2.32. The van der Waals surface area contributed by atoms with E-state index >= 15 is 0 Å². The van der Waals surface area contributed by atoms with E-state index < -0.39 is 10.0 Å². The predicted molar refractivity (Wildman–Crippen MR) is 92.1 cm³/mol. The number of nitrogens with zero attached hydrogens (tertiary/aromatic N) is 1. The van der Waals surface area contributed by atoms with Crippen LogP contribution in [0.3, 0.4) is 0 Å². The number of pyridine rings is 1. The number of fused-ring (bicyclic) bond motifs is 1. The Morgan fingerprint density at radius 1 is 1.32 bits per heavy atom. The molecule has 0 saturated carbocycles. The fraction of sp³-hybridized carbons (Fsp3) is 0.250. The number of carbonyl (C=O) groups excluding carboxylic acids is 1. The number of ketones is 1. The maximum atomic E-state index is 12.7. The molecule has 1 aromatic carbocycles. The van der Waals surface area contributed by atoms with Crippen LogP contribution in [0.25, 0.3) is 0 Å². The molecule has 0 atom stereocenters. The molecular weight excluding hydrogens is 368 g/mol. The second kappa shape index (κ2) is 6.89. The van der Waals surface area contributed by atoms with E-state index in [9.17, 15) is 13.2 Å². The lowest BCUT2D eigenvalue weighted by atomic mass is 10.1. The summed E-state index contributed by atoms with van der Waals surface area (Å²) >= 11 is 5.89. The molecule has 3 rings (SSSR count). The summed E-state index contributed by atoms with van der Waals surface area (Å²) in [6.07, 6.45) is 2.22. The van der Waals surface area contributed by atoms with Crippen molar-refractivity contribution in [2.24, 2.45) is 0 Å². The predicted octanol–water partition coefficient (Wildman–Crippen LogP) is 2.90. The Morgan fingerprint density at radius 2 is 2.12 bits per heavy atom. The Balaban J connectivity index is 1.97. The van der Waals surface area contributed by atoms with Gasteiger partial charge in [-0.2, -0.15) is 0 Å². The van der Waals surface area contributed by atoms with Gasteiger partial charge in [-0.3, -0.25) is 9.52 Å². The van der Waals surface area contributed by atoms with Crippen LogP contribution < -0.4 is 14.2 Å². The van der Waals surface area contributed by atoms with E-state index in [1.54, 1.807) is 0 Å². The largest absolute Gasteiger partial charge is 0.495 e. The molecule has 0 amide bonds. The summed E-state index contributed by atoms with van der Waals surface area (Å²) in [6.45, 7) is 0.399. The third-order valence-electron chi connectivity index (χ3n) is 3.61. The summed E-state index contributed by atoms with van der Waals surface area (Å²) in [5, 5.41) is 0.254. The van der Waals surface area contributed by atoms with Crippen LogP contribution in [0.5, 0.6) is 11.6 Å². The standard InChI is InChI=1S/C16H15ClN2O5S/c1-23-14-5-4-10(17)7-15(14)25(21,22)19-11-8-12-13(20)3-2-6-24-16(12)18-9-11/h4-5,7-9,19H,2-3,6H2,1H3. The van der Waals surface area contributed by atoms with Gasteiger partial charge in [0, 0.05) is 11.4 Å². The number of anilines is 1. The molecular formula is C16H15ClN2O5S. The van der Waals surface area contributed by atoms with Crippen LogP contribution in [0.1, 0.15) is 23.2 Å². The molecule has 1 N–H and O–H groups in total. The number of ether oxygens (including phenoxy) is 2. The molecule has 1 aliphatic heterocycles. The number of aromatic nitrogens is 1. The van der Waals surface area contributed by atoms with Crippen molar-refractivity contribution in [1.82, 2.24) is 4.98 Å². The van der Waals surface area contributed by atoms with Crippen molar-refractivity contribution in [1.29, 1.82) is 0 Å². The van der Waals surface area contributed by atoms with Crippen molar-refractivity contribution < 1.29 is 22.7 Å². The van der Waals surface area contributed by atoms with Crippen molar-refractivity contribution >= 4 is 33.1 Å². The molecule has 0 saturated heterocycles. The molecule has 1 aliphatic rings. The Morgan fingerprint density at radius 3 is 2.88 bits per heavy atom. The molecule has 0 aliphatic carbocycles. The summed E-state index contributed by atoms with van der Waals surface area (Å²) in [4.78, 5) is 16.0. The first kappa shape index (κ1) is 17.5. The van der Waals surface area contributed by atoms with Crippen LogP contribution in [0.15, 0.2) is 35.4 Å². The summed E-state index contributed by atoms with van der Waals surface area (Å²) in [5.41, 5.74) is 0.412. The van der Waals surface area contributed by atoms with E-state index in [0.29, 0.717) is 19.4 Å². The fourth-order valence-electron chi connectivity index (χ4n) is 2.43. The van der Waals surface area contributed by atoms with Gasteiger partial charge >= 0.3 is 0 Å². The number of halogens is 1. The number of carbonyl (C=O) groups is 1. The average molecular weight is 383 g/mol. The summed E-state index contributed by atoms with van der Waals surface area (Å²) in [6, 6.07) is 5.70. The first-order chi connectivity index (χ1) is 11.9. The van der Waals surface area contributed by atoms with E-state index in [4.69, 9.17) is 21.1 Å². The zero-order valence-electron chi connectivity index (χ0n) is 13.3. The van der Waals surface area contributed by atoms with Gasteiger partial charge in [-0.15, -0.1) is 0 Å². The molecule has 0 spiro atoms. The molecule has 0 radical (unpaired) electrons. The van der Waals surface area contributed by atoms with Crippen LogP contribution >= 0.6 is 11.6 Å². The van der Waals surface area contributed by atoms with Gasteiger partial charge in [-0.1, -0.05) is 11.6 Å². The normalized spacial score (nSPS) is 14.2. The maximum absolute atomic E-state index is 12.7. The van der Waals surface area contributed by atoms with Gasteiger partial charge in [0.2, 0.25) is 5.88 Å². The van der Waals surface area contributed by atoms with Crippen LogP contribution in [-0.4, -0.2) is 32.9 Å². The molecule has 25 heavy (non-hydrogen) atoms. The van der Waals surface area contributed by atoms with Crippen LogP contribution in [0, 0.1) is 0 Å². The maximum Gasteiger partial charge on any atom is 0.265 e. The number of rotatable bonds is 4. The minimum Gasteiger partial charge on any atom is -0.495 e. The molecule has 2 heterocycles. The SMILES string of the molecule is COc1ccc(Cl)cc1S(=O)(=O)Nc1cnc2c(c1)C(=O)CCCO2. The number of Topliss-reactive ketones (excluding diaryl/α,β-unsaturated/α-hetero) is 1. The monoisotopic (exact) mass is 382 g/mol. The zero-order chi connectivity index (χ0) is 18.0. The van der Waals surface area contributed by atoms with Gasteiger partial charge in [-0.25, -0.2) is 13.4 Å². The van der Waals surface area contributed by atoms with Gasteiger partial charge in [-0.05, 0) is 30.7 Å². The van der Waals surface area contributed by atoms with Gasteiger partial charge in [0.15, 0.2) is 5.78 Å². The molecule has 132 valence electrons. The highest BCUT2D eigenvalue weighted by atomic mass is 35.5. The second-order valence-corrected chi connectivity index (χ2v) is 7.44. The topological polar surface area (TPSA) is 94.6 Å². The minimum absolute atomic E-state index is 0.111. The first-order valence-electron chi connectivity index (χ1n) is 7.43. The Kier molecular flexibility index (Phi) is 4.82. The highest BCUT2D eigenvalue weighted by Gasteiger charge is 2.23. The van der Waals surface area contributed by atoms with E-state index in [1.807, 2.05) is 0 Å². The number of benzene rings is 1. The van der Waals surface area contributed by atoms with Crippen molar-refractivity contribution in [3.63, 3.8) is 0 Å². The highest BCUT2D eigenvalue weighted by Crippen LogP contribution is 2.30. The third kappa shape index (κ3) is 3.69. The first-order valence-corrected chi connectivity index (χ1v) is 9.29. The Bertz CT molecular complexity index is 930. The average Bonchev–Trinajstić information content (AvgIpc) is 2.76. The lowest BCUT2D eigenvalue weighted by Crippen LogP contribution is -2.15. The molecule has 2 aromatic rings. The molecule has 9 heteroatoms. The summed E-state index contributed by atoms with van der Waals surface area (Å²) in [7, 11) is -2.62. The van der Waals surface area contributed by atoms with Gasteiger partial charge < -0.3 is 9.47 Å². The molecule has 0 bridgehead atoms. The third-order valence-corrected chi connectivity index (χ3v) is 5.24. The minimum atomic E-state index is -3.98. The van der Waals surface area contributed by atoms with Gasteiger partial charge in [0.1, 0.15) is 10.6 Å². The second-order valence-electron chi connectivity index (χ2n) is 5.35. The molecule has 1 aromatic heterocycles. The van der Waals surface area contributed by atoms with E-state index in [-0.39, 0.29) is 38.6 Å². The van der Waals surface area contributed by atoms with Gasteiger partial charge in [0.25, 0.3) is 10.0 Å². The number of hydrogen-bond acceptors (Lipinski definition) is 6. The van der Waals surface area contributed by atoms with Crippen LogP contribution in [0.2, 0.25) is 5.02 Å². The Labute approximate surface area is 150 Å². The number of sulfonamides is 1. The van der Waals surface area contributed by atoms with E-state index in [2.05, 4.69) is 9.71 Å². The van der Waals surface area contributed by atoms with Gasteiger partial charge in [0.05, 0.1) is 31.2 Å². The number of nitrogens with one attached hydrogen (secondary N) is 1. The molecule has 7 nitrogen and oxygen atoms in total. The van der Waals surface area contributed by atoms with Crippen molar-refractivity contribution in [2.45, 2.75) is 17.7 Å². The lowest BCUT2D eigenvalue weighted by Gasteiger charge is -2.13. The lowest BCUT2D eigenvalue weighted by molar-refractivity contribution is 0.0983. The van der Waals surface area contributed by atoms with Crippen molar-refractivity contribution in [2.75, 3.05) is 18.4 Å². The summed E-state index contributed by atoms with van der Waals surface area (Å²) in [5.74, 6) is 0.228. The van der Waals surface area contributed by atoms with E-state index in [1.165, 1.54) is 37.6 Å². The fourth-order valence-corrected chi connectivity index (χ4v) is 3.90.